The highest BCUT2D eigenvalue weighted by Crippen LogP contribution is 2.47. The number of aromatic nitrogens is 2. The van der Waals surface area contributed by atoms with E-state index in [2.05, 4.69) is 9.97 Å². The third-order valence-electron chi connectivity index (χ3n) is 3.54. The van der Waals surface area contributed by atoms with Crippen LogP contribution in [-0.2, 0) is 6.18 Å². The average molecular weight is 277 g/mol. The van der Waals surface area contributed by atoms with Gasteiger partial charge in [0.15, 0.2) is 0 Å². The van der Waals surface area contributed by atoms with Crippen LogP contribution in [0, 0.1) is 5.92 Å². The molecule has 1 radical (unpaired) electrons. The van der Waals surface area contributed by atoms with Gasteiger partial charge in [0, 0.05) is 29.4 Å². The number of halogens is 3. The van der Waals surface area contributed by atoms with Crippen molar-refractivity contribution in [2.75, 3.05) is 0 Å². The summed E-state index contributed by atoms with van der Waals surface area (Å²) in [5, 5.41) is 0. The van der Waals surface area contributed by atoms with Crippen LogP contribution < -0.4 is 0 Å². The molecule has 0 aromatic carbocycles. The molecule has 0 bridgehead atoms. The summed E-state index contributed by atoms with van der Waals surface area (Å²) in [5.74, 6) is 1.03. The first-order valence-corrected chi connectivity index (χ1v) is 6.37. The van der Waals surface area contributed by atoms with E-state index in [4.69, 9.17) is 0 Å². The van der Waals surface area contributed by atoms with Gasteiger partial charge < -0.3 is 0 Å². The van der Waals surface area contributed by atoms with Gasteiger partial charge in [-0.3, -0.25) is 4.98 Å². The molecular weight excluding hydrogens is 265 g/mol. The van der Waals surface area contributed by atoms with Crippen LogP contribution in [0.2, 0.25) is 0 Å². The maximum atomic E-state index is 12.7. The lowest BCUT2D eigenvalue weighted by molar-refractivity contribution is -0.141. The third kappa shape index (κ3) is 2.40. The van der Waals surface area contributed by atoms with Gasteiger partial charge in [-0.2, -0.15) is 13.2 Å². The Kier molecular flexibility index (Phi) is 3.20. The van der Waals surface area contributed by atoms with Crippen molar-refractivity contribution >= 4 is 0 Å². The molecule has 0 spiro atoms. The molecule has 1 atom stereocenters. The van der Waals surface area contributed by atoms with Crippen molar-refractivity contribution in [3.63, 3.8) is 0 Å². The van der Waals surface area contributed by atoms with E-state index in [1.807, 2.05) is 18.2 Å². The van der Waals surface area contributed by atoms with Gasteiger partial charge in [0.25, 0.3) is 0 Å². The highest BCUT2D eigenvalue weighted by atomic mass is 19.4. The molecule has 0 amide bonds. The lowest BCUT2D eigenvalue weighted by Crippen LogP contribution is -2.25. The molecule has 3 rings (SSSR count). The smallest absolute Gasteiger partial charge is 0.261 e. The number of hydrogen-bond donors (Lipinski definition) is 0. The summed E-state index contributed by atoms with van der Waals surface area (Å²) in [7, 11) is 0. The molecule has 103 valence electrons. The van der Waals surface area contributed by atoms with Gasteiger partial charge in [0.1, 0.15) is 5.69 Å². The first kappa shape index (κ1) is 13.1. The molecule has 0 saturated heterocycles. The van der Waals surface area contributed by atoms with Gasteiger partial charge in [-0.15, -0.1) is 0 Å². The van der Waals surface area contributed by atoms with E-state index < -0.39 is 11.9 Å². The Hall–Kier alpha value is -1.91. The predicted octanol–water partition coefficient (Wildman–Crippen LogP) is 4.00. The van der Waals surface area contributed by atoms with Gasteiger partial charge in [0.2, 0.25) is 0 Å². The number of alkyl halides is 3. The van der Waals surface area contributed by atoms with Crippen LogP contribution in [0.3, 0.4) is 0 Å². The molecular formula is C15H12F3N2. The molecule has 0 N–H and O–H groups in total. The van der Waals surface area contributed by atoms with E-state index in [1.165, 1.54) is 6.07 Å². The maximum Gasteiger partial charge on any atom is 0.433 e. The second kappa shape index (κ2) is 4.89. The molecule has 5 heteroatoms. The molecule has 2 aromatic rings. The minimum atomic E-state index is -4.40. The van der Waals surface area contributed by atoms with E-state index in [0.29, 0.717) is 5.69 Å². The average Bonchev–Trinajstić information content (AvgIpc) is 2.38. The van der Waals surface area contributed by atoms with Crippen LogP contribution in [0.4, 0.5) is 13.2 Å². The standard InChI is InChI=1S/C15H12F3N2/c16-15(17,18)14-6-3-5-13(20-14)11-8-7-10(11)12-4-1-2-9-19-12/h1-6,9-10H,7-8H2/t10-/m0/s1. The van der Waals surface area contributed by atoms with Crippen molar-refractivity contribution in [2.24, 2.45) is 0 Å². The molecule has 0 unspecified atom stereocenters. The summed E-state index contributed by atoms with van der Waals surface area (Å²) in [4.78, 5) is 8.03. The first-order valence-electron chi connectivity index (χ1n) is 6.37. The van der Waals surface area contributed by atoms with Crippen molar-refractivity contribution in [3.05, 3.63) is 65.6 Å². The third-order valence-corrected chi connectivity index (χ3v) is 3.54. The topological polar surface area (TPSA) is 25.8 Å². The van der Waals surface area contributed by atoms with E-state index in [-0.39, 0.29) is 5.92 Å². The number of nitrogens with zero attached hydrogens (tertiary/aromatic N) is 2. The SMILES string of the molecule is FC(F)(F)c1cccc([C]2CC[C@@H]2c2ccccn2)n1. The normalized spacial score (nSPS) is 19.6. The Morgan fingerprint density at radius 3 is 2.50 bits per heavy atom. The van der Waals surface area contributed by atoms with Crippen LogP contribution in [0.1, 0.15) is 35.8 Å². The number of pyridine rings is 2. The highest BCUT2D eigenvalue weighted by molar-refractivity contribution is 5.38. The number of hydrogen-bond acceptors (Lipinski definition) is 2. The lowest BCUT2D eigenvalue weighted by Gasteiger charge is -2.35. The van der Waals surface area contributed by atoms with Crippen LogP contribution in [0.25, 0.3) is 0 Å². The van der Waals surface area contributed by atoms with Crippen molar-refractivity contribution in [2.45, 2.75) is 24.9 Å². The first-order chi connectivity index (χ1) is 9.55. The minimum Gasteiger partial charge on any atom is -0.261 e. The van der Waals surface area contributed by atoms with E-state index in [9.17, 15) is 13.2 Å². The quantitative estimate of drug-likeness (QED) is 0.829. The number of rotatable bonds is 2. The van der Waals surface area contributed by atoms with Gasteiger partial charge >= 0.3 is 6.18 Å². The van der Waals surface area contributed by atoms with Crippen LogP contribution in [0.15, 0.2) is 42.6 Å². The predicted molar refractivity (Wildman–Crippen MR) is 67.8 cm³/mol. The molecule has 20 heavy (non-hydrogen) atoms. The van der Waals surface area contributed by atoms with Crippen LogP contribution in [0.5, 0.6) is 0 Å². The Labute approximate surface area is 114 Å². The fraction of sp³-hybridized carbons (Fsp3) is 0.267. The van der Waals surface area contributed by atoms with E-state index in [0.717, 1.165) is 30.5 Å². The molecule has 1 aliphatic carbocycles. The van der Waals surface area contributed by atoms with Crippen molar-refractivity contribution in [1.29, 1.82) is 0 Å². The Morgan fingerprint density at radius 2 is 1.90 bits per heavy atom. The molecule has 2 heterocycles. The summed E-state index contributed by atoms with van der Waals surface area (Å²) in [5.41, 5.74) is 0.490. The minimum absolute atomic E-state index is 0.0900. The van der Waals surface area contributed by atoms with Gasteiger partial charge in [-0.05, 0) is 37.1 Å². The monoisotopic (exact) mass is 277 g/mol. The Morgan fingerprint density at radius 1 is 1.05 bits per heavy atom. The molecule has 1 saturated carbocycles. The molecule has 2 nitrogen and oxygen atoms in total. The fourth-order valence-electron chi connectivity index (χ4n) is 2.42. The van der Waals surface area contributed by atoms with E-state index in [1.54, 1.807) is 12.3 Å². The summed E-state index contributed by atoms with van der Waals surface area (Å²) in [6.45, 7) is 0. The molecule has 0 aliphatic heterocycles. The van der Waals surface area contributed by atoms with E-state index >= 15 is 0 Å². The van der Waals surface area contributed by atoms with Crippen molar-refractivity contribution < 1.29 is 13.2 Å². The largest absolute Gasteiger partial charge is 0.433 e. The second-order valence-electron chi connectivity index (χ2n) is 4.78. The van der Waals surface area contributed by atoms with Gasteiger partial charge in [0.05, 0.1) is 0 Å². The fourth-order valence-corrected chi connectivity index (χ4v) is 2.42. The van der Waals surface area contributed by atoms with Crippen LogP contribution in [-0.4, -0.2) is 9.97 Å². The van der Waals surface area contributed by atoms with Gasteiger partial charge in [-0.1, -0.05) is 12.1 Å². The summed E-state index contributed by atoms with van der Waals surface area (Å²) in [6.07, 6.45) is -1.02. The lowest BCUT2D eigenvalue weighted by atomic mass is 9.70. The zero-order valence-electron chi connectivity index (χ0n) is 10.6. The van der Waals surface area contributed by atoms with Crippen molar-refractivity contribution in [3.8, 4) is 0 Å². The highest BCUT2D eigenvalue weighted by Gasteiger charge is 2.38. The van der Waals surface area contributed by atoms with Crippen LogP contribution >= 0.6 is 0 Å². The molecule has 1 aliphatic rings. The van der Waals surface area contributed by atoms with Gasteiger partial charge in [-0.25, -0.2) is 4.98 Å². The summed E-state index contributed by atoms with van der Waals surface area (Å²) in [6, 6.07) is 9.66. The zero-order valence-corrected chi connectivity index (χ0v) is 10.6. The second-order valence-corrected chi connectivity index (χ2v) is 4.78. The molecule has 1 fully saturated rings. The Balaban J connectivity index is 1.87. The zero-order chi connectivity index (χ0) is 14.2. The summed E-state index contributed by atoms with van der Waals surface area (Å²) >= 11 is 0. The molecule has 2 aromatic heterocycles. The van der Waals surface area contributed by atoms with Crippen molar-refractivity contribution in [1.82, 2.24) is 9.97 Å². The summed E-state index contributed by atoms with van der Waals surface area (Å²) < 4.78 is 38.1. The maximum absolute atomic E-state index is 12.7. The Bertz CT molecular complexity index is 596.